The van der Waals surface area contributed by atoms with Crippen molar-refractivity contribution in [1.29, 1.82) is 0 Å². The van der Waals surface area contributed by atoms with Crippen LogP contribution in [-0.2, 0) is 9.53 Å². The molecular weight excluding hydrogens is 190 g/mol. The fourth-order valence-electron chi connectivity index (χ4n) is 3.14. The number of ether oxygens (including phenoxy) is 1. The molecule has 1 aliphatic carbocycles. The third kappa shape index (κ3) is 1.95. The maximum Gasteiger partial charge on any atom is 0.178 e. The zero-order valence-electron chi connectivity index (χ0n) is 9.63. The molecule has 0 amide bonds. The molecule has 1 saturated carbocycles. The van der Waals surface area contributed by atoms with E-state index in [1.165, 1.54) is 25.7 Å². The van der Waals surface area contributed by atoms with Crippen molar-refractivity contribution in [2.24, 2.45) is 0 Å². The van der Waals surface area contributed by atoms with Gasteiger partial charge < -0.3 is 4.74 Å². The molecule has 3 heteroatoms. The van der Waals surface area contributed by atoms with Crippen LogP contribution in [0.5, 0.6) is 0 Å². The maximum atomic E-state index is 12.2. The Hall–Kier alpha value is -0.410. The summed E-state index contributed by atoms with van der Waals surface area (Å²) in [6, 6.07) is 0. The molecular formula is C12H21NO2. The van der Waals surface area contributed by atoms with Crippen LogP contribution in [0.3, 0.4) is 0 Å². The first-order valence-electron chi connectivity index (χ1n) is 6.07. The van der Waals surface area contributed by atoms with Gasteiger partial charge in [-0.1, -0.05) is 12.8 Å². The summed E-state index contributed by atoms with van der Waals surface area (Å²) in [5, 5.41) is 0. The second-order valence-corrected chi connectivity index (χ2v) is 4.79. The number of methoxy groups -OCH3 is 1. The number of Topliss-reactive ketones (excluding diaryl/α,β-unsaturated/α-hetero) is 1. The molecule has 2 rings (SSSR count). The van der Waals surface area contributed by atoms with Gasteiger partial charge in [0.25, 0.3) is 0 Å². The van der Waals surface area contributed by atoms with Crippen molar-refractivity contribution in [2.75, 3.05) is 26.8 Å². The van der Waals surface area contributed by atoms with Crippen molar-refractivity contribution in [1.82, 2.24) is 4.90 Å². The number of likely N-dealkylation sites (tertiary alicyclic amines) is 1. The van der Waals surface area contributed by atoms with E-state index in [9.17, 15) is 4.79 Å². The summed E-state index contributed by atoms with van der Waals surface area (Å²) in [5.74, 6) is 0.310. The molecule has 0 bridgehead atoms. The van der Waals surface area contributed by atoms with Gasteiger partial charge in [-0.25, -0.2) is 0 Å². The van der Waals surface area contributed by atoms with Gasteiger partial charge in [0.15, 0.2) is 5.78 Å². The standard InChI is InChI=1S/C12H21NO2/c1-15-10-11(14)12(6-2-3-7-12)13-8-4-5-9-13/h2-10H2,1H3. The van der Waals surface area contributed by atoms with Crippen LogP contribution in [-0.4, -0.2) is 43.0 Å². The van der Waals surface area contributed by atoms with Crippen molar-refractivity contribution in [3.8, 4) is 0 Å². The van der Waals surface area contributed by atoms with Crippen LogP contribution < -0.4 is 0 Å². The molecule has 2 aliphatic rings. The van der Waals surface area contributed by atoms with E-state index < -0.39 is 0 Å². The van der Waals surface area contributed by atoms with Crippen LogP contribution in [0, 0.1) is 0 Å². The second-order valence-electron chi connectivity index (χ2n) is 4.79. The molecule has 0 radical (unpaired) electrons. The highest BCUT2D eigenvalue weighted by atomic mass is 16.5. The lowest BCUT2D eigenvalue weighted by molar-refractivity contribution is -0.134. The third-order valence-electron chi connectivity index (χ3n) is 3.94. The number of hydrogen-bond donors (Lipinski definition) is 0. The summed E-state index contributed by atoms with van der Waals surface area (Å²) in [5.41, 5.74) is -0.146. The van der Waals surface area contributed by atoms with Gasteiger partial charge in [-0.05, 0) is 38.8 Å². The maximum absolute atomic E-state index is 12.2. The van der Waals surface area contributed by atoms with Crippen molar-refractivity contribution < 1.29 is 9.53 Å². The monoisotopic (exact) mass is 211 g/mol. The molecule has 0 aromatic heterocycles. The second kappa shape index (κ2) is 4.62. The minimum atomic E-state index is -0.146. The average molecular weight is 211 g/mol. The highest BCUT2D eigenvalue weighted by Gasteiger charge is 2.46. The highest BCUT2D eigenvalue weighted by Crippen LogP contribution is 2.38. The fraction of sp³-hybridized carbons (Fsp3) is 0.917. The van der Waals surface area contributed by atoms with Crippen molar-refractivity contribution in [3.05, 3.63) is 0 Å². The Kier molecular flexibility index (Phi) is 3.42. The summed E-state index contributed by atoms with van der Waals surface area (Å²) in [7, 11) is 1.62. The number of carbonyl (C=O) groups excluding carboxylic acids is 1. The minimum absolute atomic E-state index is 0.146. The summed E-state index contributed by atoms with van der Waals surface area (Å²) in [6.07, 6.45) is 7.01. The normalized spacial score (nSPS) is 25.9. The predicted molar refractivity (Wildman–Crippen MR) is 58.9 cm³/mol. The molecule has 0 atom stereocenters. The van der Waals surface area contributed by atoms with Gasteiger partial charge in [-0.15, -0.1) is 0 Å². The number of hydrogen-bond acceptors (Lipinski definition) is 3. The van der Waals surface area contributed by atoms with Gasteiger partial charge in [0.05, 0.1) is 5.54 Å². The molecule has 86 valence electrons. The van der Waals surface area contributed by atoms with Crippen molar-refractivity contribution in [3.63, 3.8) is 0 Å². The van der Waals surface area contributed by atoms with E-state index in [2.05, 4.69) is 4.90 Å². The number of nitrogens with zero attached hydrogens (tertiary/aromatic N) is 1. The first kappa shape index (κ1) is 11.1. The van der Waals surface area contributed by atoms with Crippen LogP contribution in [0.25, 0.3) is 0 Å². The van der Waals surface area contributed by atoms with Crippen molar-refractivity contribution in [2.45, 2.75) is 44.1 Å². The van der Waals surface area contributed by atoms with Crippen LogP contribution in [0.2, 0.25) is 0 Å². The number of carbonyl (C=O) groups is 1. The predicted octanol–water partition coefficient (Wildman–Crippen LogP) is 1.61. The van der Waals surface area contributed by atoms with Crippen molar-refractivity contribution >= 4 is 5.78 Å². The van der Waals surface area contributed by atoms with E-state index in [-0.39, 0.29) is 12.1 Å². The Morgan fingerprint density at radius 1 is 1.20 bits per heavy atom. The van der Waals surface area contributed by atoms with Gasteiger partial charge in [-0.3, -0.25) is 9.69 Å². The Bertz CT molecular complexity index is 228. The molecule has 0 aromatic carbocycles. The molecule has 3 nitrogen and oxygen atoms in total. The number of ketones is 1. The summed E-state index contributed by atoms with van der Waals surface area (Å²) in [4.78, 5) is 14.6. The smallest absolute Gasteiger partial charge is 0.178 e. The quantitative estimate of drug-likeness (QED) is 0.707. The van der Waals surface area contributed by atoms with Gasteiger partial charge in [0.1, 0.15) is 6.61 Å². The lowest BCUT2D eigenvalue weighted by Crippen LogP contribution is -2.52. The van der Waals surface area contributed by atoms with Crippen LogP contribution in [0.15, 0.2) is 0 Å². The molecule has 2 fully saturated rings. The summed E-state index contributed by atoms with van der Waals surface area (Å²) < 4.78 is 5.02. The Morgan fingerprint density at radius 3 is 2.33 bits per heavy atom. The Labute approximate surface area is 91.8 Å². The lowest BCUT2D eigenvalue weighted by Gasteiger charge is -2.37. The Morgan fingerprint density at radius 2 is 1.80 bits per heavy atom. The zero-order chi connectivity index (χ0) is 10.7. The zero-order valence-corrected chi connectivity index (χ0v) is 9.63. The fourth-order valence-corrected chi connectivity index (χ4v) is 3.14. The average Bonchev–Trinajstić information content (AvgIpc) is 2.90. The van der Waals surface area contributed by atoms with Crippen LogP contribution >= 0.6 is 0 Å². The third-order valence-corrected chi connectivity index (χ3v) is 3.94. The lowest BCUT2D eigenvalue weighted by atomic mass is 9.90. The molecule has 0 N–H and O–H groups in total. The summed E-state index contributed by atoms with van der Waals surface area (Å²) >= 11 is 0. The molecule has 0 unspecified atom stereocenters. The molecule has 0 aromatic rings. The largest absolute Gasteiger partial charge is 0.377 e. The van der Waals surface area contributed by atoms with E-state index in [0.717, 1.165) is 25.9 Å². The molecule has 1 heterocycles. The van der Waals surface area contributed by atoms with E-state index in [1.807, 2.05) is 0 Å². The van der Waals surface area contributed by atoms with Crippen LogP contribution in [0.1, 0.15) is 38.5 Å². The Balaban J connectivity index is 2.11. The summed E-state index contributed by atoms with van der Waals surface area (Å²) in [6.45, 7) is 2.50. The van der Waals surface area contributed by atoms with Gasteiger partial charge in [-0.2, -0.15) is 0 Å². The van der Waals surface area contributed by atoms with E-state index >= 15 is 0 Å². The molecule has 1 aliphatic heterocycles. The van der Waals surface area contributed by atoms with Gasteiger partial charge >= 0.3 is 0 Å². The van der Waals surface area contributed by atoms with E-state index in [1.54, 1.807) is 7.11 Å². The SMILES string of the molecule is COCC(=O)C1(N2CCCC2)CCCC1. The van der Waals surface area contributed by atoms with Crippen LogP contribution in [0.4, 0.5) is 0 Å². The van der Waals surface area contributed by atoms with Gasteiger partial charge in [0.2, 0.25) is 0 Å². The molecule has 0 spiro atoms. The topological polar surface area (TPSA) is 29.5 Å². The minimum Gasteiger partial charge on any atom is -0.377 e. The highest BCUT2D eigenvalue weighted by molar-refractivity contribution is 5.89. The molecule has 1 saturated heterocycles. The number of rotatable bonds is 4. The van der Waals surface area contributed by atoms with E-state index in [4.69, 9.17) is 4.74 Å². The first-order chi connectivity index (χ1) is 7.29. The van der Waals surface area contributed by atoms with E-state index in [0.29, 0.717) is 5.78 Å². The first-order valence-corrected chi connectivity index (χ1v) is 6.07. The molecule has 15 heavy (non-hydrogen) atoms. The van der Waals surface area contributed by atoms with Gasteiger partial charge in [0, 0.05) is 7.11 Å².